The lowest BCUT2D eigenvalue weighted by atomic mass is 9.83. The fraction of sp³-hybridized carbons (Fsp3) is 0.588. The summed E-state index contributed by atoms with van der Waals surface area (Å²) in [5.74, 6) is -2.42. The minimum absolute atomic E-state index is 0.0207. The van der Waals surface area contributed by atoms with Gasteiger partial charge in [0.25, 0.3) is 0 Å². The summed E-state index contributed by atoms with van der Waals surface area (Å²) in [6.07, 6.45) is 2.08. The Bertz CT molecular complexity index is 535. The number of nitrogens with one attached hydrogen (secondary N) is 1. The van der Waals surface area contributed by atoms with Gasteiger partial charge in [0.2, 0.25) is 5.91 Å². The summed E-state index contributed by atoms with van der Waals surface area (Å²) in [5.41, 5.74) is -0.0241. The Labute approximate surface area is 129 Å². The van der Waals surface area contributed by atoms with Crippen molar-refractivity contribution in [1.29, 1.82) is 0 Å². The summed E-state index contributed by atoms with van der Waals surface area (Å²) in [5, 5.41) is 12.4. The topological polar surface area (TPSA) is 49.3 Å². The van der Waals surface area contributed by atoms with Gasteiger partial charge in [0.15, 0.2) is 11.6 Å². The summed E-state index contributed by atoms with van der Waals surface area (Å²) in [4.78, 5) is 12.2. The minimum atomic E-state index is -0.875. The molecule has 122 valence electrons. The van der Waals surface area contributed by atoms with Crippen molar-refractivity contribution in [1.82, 2.24) is 5.32 Å². The smallest absolute Gasteiger partial charge is 0.223 e. The second-order valence-corrected chi connectivity index (χ2v) is 6.17. The maximum absolute atomic E-state index is 13.7. The monoisotopic (exact) mass is 311 g/mol. The summed E-state index contributed by atoms with van der Waals surface area (Å²) >= 11 is 0. The molecule has 0 saturated heterocycles. The highest BCUT2D eigenvalue weighted by atomic mass is 19.2. The first-order valence-corrected chi connectivity index (χ1v) is 7.80. The Hall–Kier alpha value is -1.49. The Morgan fingerprint density at radius 1 is 1.36 bits per heavy atom. The molecule has 2 unspecified atom stereocenters. The molecule has 1 aliphatic rings. The van der Waals surface area contributed by atoms with Gasteiger partial charge in [-0.2, -0.15) is 0 Å². The van der Waals surface area contributed by atoms with Crippen molar-refractivity contribution in [3.8, 4) is 0 Å². The van der Waals surface area contributed by atoms with Crippen molar-refractivity contribution in [3.05, 3.63) is 35.4 Å². The Kier molecular flexibility index (Phi) is 5.16. The third-order valence-electron chi connectivity index (χ3n) is 4.98. The molecular formula is C17H23F2NO2. The van der Waals surface area contributed by atoms with E-state index in [2.05, 4.69) is 5.32 Å². The SMILES string of the molecule is CCC(CC)(CO)CNC(=O)C1CC1c1cccc(F)c1F. The molecule has 2 rings (SSSR count). The molecule has 0 heterocycles. The molecule has 1 amide bonds. The van der Waals surface area contributed by atoms with Crippen molar-refractivity contribution in [2.45, 2.75) is 39.0 Å². The molecule has 3 nitrogen and oxygen atoms in total. The fourth-order valence-corrected chi connectivity index (χ4v) is 2.82. The van der Waals surface area contributed by atoms with Crippen LogP contribution in [0.15, 0.2) is 18.2 Å². The first-order chi connectivity index (χ1) is 10.5. The van der Waals surface area contributed by atoms with Gasteiger partial charge in [0.05, 0.1) is 6.61 Å². The molecule has 2 N–H and O–H groups in total. The zero-order chi connectivity index (χ0) is 16.3. The van der Waals surface area contributed by atoms with Gasteiger partial charge in [-0.05, 0) is 36.8 Å². The van der Waals surface area contributed by atoms with Crippen LogP contribution in [0.3, 0.4) is 0 Å². The number of carbonyl (C=O) groups is 1. The van der Waals surface area contributed by atoms with Crippen molar-refractivity contribution >= 4 is 5.91 Å². The number of amides is 1. The molecule has 0 bridgehead atoms. The van der Waals surface area contributed by atoms with Crippen LogP contribution in [0.4, 0.5) is 8.78 Å². The molecule has 1 aromatic rings. The normalized spacial score (nSPS) is 20.8. The van der Waals surface area contributed by atoms with Crippen LogP contribution in [0.5, 0.6) is 0 Å². The van der Waals surface area contributed by atoms with E-state index in [1.807, 2.05) is 13.8 Å². The summed E-state index contributed by atoms with van der Waals surface area (Å²) in [6, 6.07) is 4.08. The van der Waals surface area contributed by atoms with Gasteiger partial charge in [-0.25, -0.2) is 8.78 Å². The van der Waals surface area contributed by atoms with Crippen LogP contribution in [0, 0.1) is 23.0 Å². The van der Waals surface area contributed by atoms with Crippen LogP contribution in [0.2, 0.25) is 0 Å². The molecule has 0 aromatic heterocycles. The number of rotatable bonds is 7. The van der Waals surface area contributed by atoms with Crippen molar-refractivity contribution in [2.75, 3.05) is 13.2 Å². The van der Waals surface area contributed by atoms with E-state index < -0.39 is 11.6 Å². The number of hydrogen-bond acceptors (Lipinski definition) is 2. The number of benzene rings is 1. The zero-order valence-electron chi connectivity index (χ0n) is 13.0. The van der Waals surface area contributed by atoms with Crippen molar-refractivity contribution in [2.24, 2.45) is 11.3 Å². The third kappa shape index (κ3) is 3.29. The highest BCUT2D eigenvalue weighted by Crippen LogP contribution is 2.48. The van der Waals surface area contributed by atoms with Gasteiger partial charge in [-0.3, -0.25) is 4.79 Å². The van der Waals surface area contributed by atoms with Crippen molar-refractivity contribution in [3.63, 3.8) is 0 Å². The van der Waals surface area contributed by atoms with Crippen LogP contribution in [-0.2, 0) is 4.79 Å². The molecule has 1 fully saturated rings. The largest absolute Gasteiger partial charge is 0.396 e. The third-order valence-corrected chi connectivity index (χ3v) is 4.98. The molecular weight excluding hydrogens is 288 g/mol. The van der Waals surface area contributed by atoms with Crippen LogP contribution in [0.25, 0.3) is 0 Å². The van der Waals surface area contributed by atoms with Gasteiger partial charge in [0, 0.05) is 17.9 Å². The summed E-state index contributed by atoms with van der Waals surface area (Å²) in [6.45, 7) is 4.39. The molecule has 1 aromatic carbocycles. The van der Waals surface area contributed by atoms with Crippen molar-refractivity contribution < 1.29 is 18.7 Å². The van der Waals surface area contributed by atoms with E-state index >= 15 is 0 Å². The van der Waals surface area contributed by atoms with E-state index in [1.54, 1.807) is 0 Å². The quantitative estimate of drug-likeness (QED) is 0.813. The first kappa shape index (κ1) is 16.9. The predicted octanol–water partition coefficient (Wildman–Crippen LogP) is 2.98. The zero-order valence-corrected chi connectivity index (χ0v) is 13.0. The number of hydrogen-bond donors (Lipinski definition) is 2. The van der Waals surface area contributed by atoms with Gasteiger partial charge in [0.1, 0.15) is 0 Å². The van der Waals surface area contributed by atoms with E-state index in [-0.39, 0.29) is 35.3 Å². The lowest BCUT2D eigenvalue weighted by molar-refractivity contribution is -0.123. The number of carbonyl (C=O) groups excluding carboxylic acids is 1. The van der Waals surface area contributed by atoms with Gasteiger partial charge >= 0.3 is 0 Å². The molecule has 2 atom stereocenters. The lowest BCUT2D eigenvalue weighted by Crippen LogP contribution is -2.40. The van der Waals surface area contributed by atoms with E-state index in [9.17, 15) is 18.7 Å². The Balaban J connectivity index is 1.95. The highest BCUT2D eigenvalue weighted by Gasteiger charge is 2.45. The molecule has 1 aliphatic carbocycles. The maximum Gasteiger partial charge on any atom is 0.223 e. The average molecular weight is 311 g/mol. The average Bonchev–Trinajstić information content (AvgIpc) is 3.32. The summed E-state index contributed by atoms with van der Waals surface area (Å²) in [7, 11) is 0. The summed E-state index contributed by atoms with van der Waals surface area (Å²) < 4.78 is 27.0. The Morgan fingerprint density at radius 3 is 2.64 bits per heavy atom. The van der Waals surface area contributed by atoms with E-state index in [0.29, 0.717) is 13.0 Å². The second kappa shape index (κ2) is 6.73. The predicted molar refractivity (Wildman–Crippen MR) is 80.3 cm³/mol. The number of aliphatic hydroxyl groups excluding tert-OH is 1. The van der Waals surface area contributed by atoms with Crippen LogP contribution in [0.1, 0.15) is 44.6 Å². The van der Waals surface area contributed by atoms with E-state index in [4.69, 9.17) is 0 Å². The molecule has 0 aliphatic heterocycles. The van der Waals surface area contributed by atoms with E-state index in [1.165, 1.54) is 12.1 Å². The molecule has 0 radical (unpaired) electrons. The first-order valence-electron chi connectivity index (χ1n) is 7.80. The maximum atomic E-state index is 13.7. The number of halogens is 2. The Morgan fingerprint density at radius 2 is 2.05 bits per heavy atom. The van der Waals surface area contributed by atoms with Crippen LogP contribution >= 0.6 is 0 Å². The van der Waals surface area contributed by atoms with Gasteiger partial charge in [-0.1, -0.05) is 26.0 Å². The minimum Gasteiger partial charge on any atom is -0.396 e. The fourth-order valence-electron chi connectivity index (χ4n) is 2.82. The van der Waals surface area contributed by atoms with Crippen LogP contribution < -0.4 is 5.32 Å². The van der Waals surface area contributed by atoms with E-state index in [0.717, 1.165) is 18.9 Å². The molecule has 1 saturated carbocycles. The molecule has 0 spiro atoms. The lowest BCUT2D eigenvalue weighted by Gasteiger charge is -2.29. The highest BCUT2D eigenvalue weighted by molar-refractivity contribution is 5.82. The standard InChI is InChI=1S/C17H23F2NO2/c1-3-17(4-2,10-21)9-20-16(22)13-8-12(13)11-6-5-7-14(18)15(11)19/h5-7,12-13,21H,3-4,8-10H2,1-2H3,(H,20,22). The molecule has 22 heavy (non-hydrogen) atoms. The second-order valence-electron chi connectivity index (χ2n) is 6.17. The van der Waals surface area contributed by atoms with Crippen LogP contribution in [-0.4, -0.2) is 24.2 Å². The molecule has 5 heteroatoms. The number of aliphatic hydroxyl groups is 1. The van der Waals surface area contributed by atoms with Gasteiger partial charge < -0.3 is 10.4 Å². The van der Waals surface area contributed by atoms with Gasteiger partial charge in [-0.15, -0.1) is 0 Å².